The molecule has 1 N–H and O–H groups in total. The van der Waals surface area contributed by atoms with Crippen molar-refractivity contribution in [3.05, 3.63) is 54.6 Å². The topological polar surface area (TPSA) is 76.6 Å². The first-order chi connectivity index (χ1) is 18.2. The number of alkyl carbamates (subject to hydrolysis) is 1. The number of aromatic nitrogens is 2. The van der Waals surface area contributed by atoms with Gasteiger partial charge < -0.3 is 19.7 Å². The Morgan fingerprint density at radius 2 is 1.87 bits per heavy atom. The van der Waals surface area contributed by atoms with Gasteiger partial charge in [0.15, 0.2) is 0 Å². The molecule has 3 unspecified atom stereocenters. The van der Waals surface area contributed by atoms with Gasteiger partial charge >= 0.3 is 12.3 Å². The van der Waals surface area contributed by atoms with Crippen LogP contribution in [-0.4, -0.2) is 58.5 Å². The lowest BCUT2D eigenvalue weighted by Gasteiger charge is -2.35. The number of likely N-dealkylation sites (N-methyl/N-ethyl adjacent to an activating group) is 1. The van der Waals surface area contributed by atoms with Gasteiger partial charge in [0.2, 0.25) is 5.60 Å². The molecule has 2 aromatic rings. The SMILES string of the molecule is C=C(C(NC(=O)OC(C)(C)C(F)(F)F)C(C)CC)N(C)CC(CC)Oc1cc(CC)nc(-c2cccnc2)c1. The maximum absolute atomic E-state index is 13.2. The van der Waals surface area contributed by atoms with Gasteiger partial charge in [-0.15, -0.1) is 0 Å². The Morgan fingerprint density at radius 3 is 2.41 bits per heavy atom. The van der Waals surface area contributed by atoms with Crippen LogP contribution < -0.4 is 10.1 Å². The largest absolute Gasteiger partial charge is 0.488 e. The number of pyridine rings is 2. The Bertz CT molecular complexity index is 1090. The van der Waals surface area contributed by atoms with Crippen LogP contribution >= 0.6 is 0 Å². The molecule has 2 rings (SSSR count). The van der Waals surface area contributed by atoms with Crippen molar-refractivity contribution in [1.29, 1.82) is 0 Å². The number of ether oxygens (including phenoxy) is 2. The van der Waals surface area contributed by atoms with E-state index < -0.39 is 23.9 Å². The first-order valence-corrected chi connectivity index (χ1v) is 13.3. The predicted octanol–water partition coefficient (Wildman–Crippen LogP) is 6.79. The molecule has 0 aliphatic heterocycles. The molecular formula is C29H41F3N4O3. The first-order valence-electron chi connectivity index (χ1n) is 13.3. The van der Waals surface area contributed by atoms with Gasteiger partial charge in [0.25, 0.3) is 0 Å². The summed E-state index contributed by atoms with van der Waals surface area (Å²) in [7, 11) is 1.82. The number of aryl methyl sites for hydroxylation is 1. The molecule has 2 heterocycles. The molecule has 0 saturated heterocycles. The molecular weight excluding hydrogens is 509 g/mol. The zero-order chi connectivity index (χ0) is 29.4. The van der Waals surface area contributed by atoms with Gasteiger partial charge in [-0.2, -0.15) is 13.2 Å². The Morgan fingerprint density at radius 1 is 1.18 bits per heavy atom. The number of halogens is 3. The molecule has 0 aliphatic rings. The molecule has 0 aromatic carbocycles. The molecule has 10 heteroatoms. The number of rotatable bonds is 13. The third-order valence-corrected chi connectivity index (χ3v) is 6.77. The minimum absolute atomic E-state index is 0.100. The molecule has 0 radical (unpaired) electrons. The number of hydrogen-bond donors (Lipinski definition) is 1. The van der Waals surface area contributed by atoms with Gasteiger partial charge in [-0.1, -0.05) is 40.7 Å². The van der Waals surface area contributed by atoms with Crippen LogP contribution in [0.1, 0.15) is 60.1 Å². The van der Waals surface area contributed by atoms with E-state index in [4.69, 9.17) is 14.5 Å². The van der Waals surface area contributed by atoms with Crippen molar-refractivity contribution < 1.29 is 27.4 Å². The molecule has 0 saturated carbocycles. The molecule has 1 amide bonds. The van der Waals surface area contributed by atoms with Gasteiger partial charge in [-0.3, -0.25) is 9.97 Å². The Balaban J connectivity index is 2.16. The van der Waals surface area contributed by atoms with Gasteiger partial charge in [-0.25, -0.2) is 4.79 Å². The van der Waals surface area contributed by atoms with E-state index >= 15 is 0 Å². The van der Waals surface area contributed by atoms with Crippen molar-refractivity contribution in [1.82, 2.24) is 20.2 Å². The summed E-state index contributed by atoms with van der Waals surface area (Å²) in [5, 5.41) is 2.60. The zero-order valence-electron chi connectivity index (χ0n) is 23.9. The van der Waals surface area contributed by atoms with E-state index in [0.717, 1.165) is 37.2 Å². The highest BCUT2D eigenvalue weighted by Gasteiger charge is 2.51. The second-order valence-corrected chi connectivity index (χ2v) is 10.2. The molecule has 0 fully saturated rings. The Kier molecular flexibility index (Phi) is 11.2. The molecule has 216 valence electrons. The number of hydrogen-bond acceptors (Lipinski definition) is 6. The fraction of sp³-hybridized carbons (Fsp3) is 0.552. The van der Waals surface area contributed by atoms with E-state index in [9.17, 15) is 18.0 Å². The summed E-state index contributed by atoms with van der Waals surface area (Å²) in [6, 6.07) is 6.97. The quantitative estimate of drug-likeness (QED) is 0.296. The summed E-state index contributed by atoms with van der Waals surface area (Å²) < 4.78 is 50.8. The predicted molar refractivity (Wildman–Crippen MR) is 146 cm³/mol. The zero-order valence-corrected chi connectivity index (χ0v) is 23.9. The maximum atomic E-state index is 13.2. The van der Waals surface area contributed by atoms with Crippen molar-refractivity contribution in [2.24, 2.45) is 5.92 Å². The van der Waals surface area contributed by atoms with Crippen molar-refractivity contribution in [2.75, 3.05) is 13.6 Å². The highest BCUT2D eigenvalue weighted by molar-refractivity contribution is 5.68. The number of nitrogens with one attached hydrogen (secondary N) is 1. The Hall–Kier alpha value is -3.30. The van der Waals surface area contributed by atoms with Crippen LogP contribution in [0.4, 0.5) is 18.0 Å². The second kappa shape index (κ2) is 13.7. The lowest BCUT2D eigenvalue weighted by Crippen LogP contribution is -2.50. The summed E-state index contributed by atoms with van der Waals surface area (Å²) >= 11 is 0. The van der Waals surface area contributed by atoms with Crippen molar-refractivity contribution >= 4 is 6.09 Å². The van der Waals surface area contributed by atoms with E-state index in [-0.39, 0.29) is 12.0 Å². The highest BCUT2D eigenvalue weighted by atomic mass is 19.4. The van der Waals surface area contributed by atoms with Crippen molar-refractivity contribution in [2.45, 2.75) is 84.7 Å². The normalized spacial score (nSPS) is 14.2. The third kappa shape index (κ3) is 8.86. The van der Waals surface area contributed by atoms with Crippen molar-refractivity contribution in [3.8, 4) is 17.0 Å². The lowest BCUT2D eigenvalue weighted by molar-refractivity contribution is -0.244. The standard InChI is InChI=1S/C29H41F3N4O3/c1-9-19(4)26(35-27(37)39-28(6,7)29(30,31)32)20(5)36(8)18-23(11-3)38-24-15-22(10-2)34-25(16-24)21-13-12-14-33-17-21/h12-17,19,23,26H,5,9-11,18H2,1-4,6-8H3,(H,35,37). The van der Waals surface area contributed by atoms with E-state index in [2.05, 4.69) is 16.9 Å². The first kappa shape index (κ1) is 31.9. The average molecular weight is 551 g/mol. The van der Waals surface area contributed by atoms with E-state index in [1.165, 1.54) is 0 Å². The summed E-state index contributed by atoms with van der Waals surface area (Å²) in [5.74, 6) is 0.581. The van der Waals surface area contributed by atoms with Gasteiger partial charge in [-0.05, 0) is 44.7 Å². The molecule has 0 bridgehead atoms. The molecule has 3 atom stereocenters. The minimum atomic E-state index is -4.70. The van der Waals surface area contributed by atoms with E-state index in [0.29, 0.717) is 30.8 Å². The maximum Gasteiger partial charge on any atom is 0.427 e. The number of carbonyl (C=O) groups is 1. The third-order valence-electron chi connectivity index (χ3n) is 6.77. The van der Waals surface area contributed by atoms with Crippen molar-refractivity contribution in [3.63, 3.8) is 0 Å². The number of alkyl halides is 3. The molecule has 2 aromatic heterocycles. The summed E-state index contributed by atoms with van der Waals surface area (Å²) in [6.45, 7) is 14.1. The van der Waals surface area contributed by atoms with Crippen LogP contribution in [0.3, 0.4) is 0 Å². The number of amides is 1. The van der Waals surface area contributed by atoms with Crippen LogP contribution in [0, 0.1) is 5.92 Å². The number of nitrogens with zero attached hydrogens (tertiary/aromatic N) is 3. The molecule has 39 heavy (non-hydrogen) atoms. The molecule has 0 spiro atoms. The fourth-order valence-electron chi connectivity index (χ4n) is 3.81. The lowest BCUT2D eigenvalue weighted by atomic mass is 9.96. The number of carbonyl (C=O) groups excluding carboxylic acids is 1. The van der Waals surface area contributed by atoms with Crippen LogP contribution in [0.25, 0.3) is 11.3 Å². The average Bonchev–Trinajstić information content (AvgIpc) is 2.89. The fourth-order valence-corrected chi connectivity index (χ4v) is 3.81. The summed E-state index contributed by atoms with van der Waals surface area (Å²) in [5.41, 5.74) is 0.473. The molecule has 0 aliphatic carbocycles. The smallest absolute Gasteiger partial charge is 0.427 e. The van der Waals surface area contributed by atoms with Crippen LogP contribution in [0.2, 0.25) is 0 Å². The van der Waals surface area contributed by atoms with Gasteiger partial charge in [0.05, 0.1) is 18.3 Å². The minimum Gasteiger partial charge on any atom is -0.488 e. The van der Waals surface area contributed by atoms with E-state index in [1.807, 2.05) is 63.9 Å². The highest BCUT2D eigenvalue weighted by Crippen LogP contribution is 2.33. The van der Waals surface area contributed by atoms with E-state index in [1.54, 1.807) is 12.4 Å². The molecule has 7 nitrogen and oxygen atoms in total. The van der Waals surface area contributed by atoms with Gasteiger partial charge in [0.1, 0.15) is 11.9 Å². The van der Waals surface area contributed by atoms with Gasteiger partial charge in [0, 0.05) is 48.5 Å². The Labute approximate surface area is 229 Å². The second-order valence-electron chi connectivity index (χ2n) is 10.2. The summed E-state index contributed by atoms with van der Waals surface area (Å²) in [6.07, 6.45) is -0.516. The van der Waals surface area contributed by atoms with Crippen LogP contribution in [0.5, 0.6) is 5.75 Å². The monoisotopic (exact) mass is 550 g/mol. The summed E-state index contributed by atoms with van der Waals surface area (Å²) in [4.78, 5) is 23.2. The van der Waals surface area contributed by atoms with Crippen LogP contribution in [0.15, 0.2) is 48.9 Å². The van der Waals surface area contributed by atoms with Crippen LogP contribution in [-0.2, 0) is 11.2 Å².